The molecule has 0 fully saturated rings. The van der Waals surface area contributed by atoms with Crippen molar-refractivity contribution < 1.29 is 13.2 Å². The van der Waals surface area contributed by atoms with Crippen LogP contribution in [0.25, 0.3) is 0 Å². The monoisotopic (exact) mass is 336 g/mol. The van der Waals surface area contributed by atoms with Crippen LogP contribution in [-0.2, 0) is 21.2 Å². The van der Waals surface area contributed by atoms with Gasteiger partial charge in [-0.05, 0) is 31.9 Å². The topological polar surface area (TPSA) is 104 Å². The number of nitrogens with one attached hydrogen (secondary N) is 3. The van der Waals surface area contributed by atoms with Crippen LogP contribution in [0, 0.1) is 13.8 Å². The number of aryl methyl sites for hydroxylation is 3. The molecule has 0 aliphatic heterocycles. The van der Waals surface area contributed by atoms with Gasteiger partial charge in [0.25, 0.3) is 0 Å². The van der Waals surface area contributed by atoms with Gasteiger partial charge < -0.3 is 5.32 Å². The van der Waals surface area contributed by atoms with Gasteiger partial charge in [-0.25, -0.2) is 13.1 Å². The lowest BCUT2D eigenvalue weighted by atomic mass is 10.1. The smallest absolute Gasteiger partial charge is 0.244 e. The lowest BCUT2D eigenvalue weighted by Gasteiger charge is -2.10. The summed E-state index contributed by atoms with van der Waals surface area (Å²) in [5.41, 5.74) is 2.48. The average molecular weight is 336 g/mol. The molecule has 0 saturated carbocycles. The van der Waals surface area contributed by atoms with Crippen molar-refractivity contribution in [1.82, 2.24) is 14.9 Å². The molecular formula is C15H20N4O3S. The van der Waals surface area contributed by atoms with Gasteiger partial charge in [0, 0.05) is 5.69 Å². The van der Waals surface area contributed by atoms with Crippen molar-refractivity contribution in [1.29, 1.82) is 0 Å². The fraction of sp³-hybridized carbons (Fsp3) is 0.333. The maximum absolute atomic E-state index is 12.3. The molecular weight excluding hydrogens is 316 g/mol. The third-order valence-corrected chi connectivity index (χ3v) is 5.09. The van der Waals surface area contributed by atoms with E-state index in [1.807, 2.05) is 25.1 Å². The van der Waals surface area contributed by atoms with Crippen LogP contribution in [0.4, 0.5) is 5.69 Å². The number of anilines is 1. The minimum atomic E-state index is -3.79. The van der Waals surface area contributed by atoms with E-state index in [1.54, 1.807) is 19.9 Å². The second kappa shape index (κ2) is 6.93. The molecule has 7 nitrogen and oxygen atoms in total. The zero-order chi connectivity index (χ0) is 17.0. The Hall–Kier alpha value is -2.19. The van der Waals surface area contributed by atoms with Gasteiger partial charge in [0.15, 0.2) is 0 Å². The third-order valence-electron chi connectivity index (χ3n) is 3.42. The van der Waals surface area contributed by atoms with Gasteiger partial charge in [-0.2, -0.15) is 5.10 Å². The molecule has 0 atom stereocenters. The van der Waals surface area contributed by atoms with Crippen LogP contribution in [0.5, 0.6) is 0 Å². The molecule has 1 amide bonds. The number of hydrogen-bond acceptors (Lipinski definition) is 4. The molecule has 0 aliphatic carbocycles. The Balaban J connectivity index is 2.04. The lowest BCUT2D eigenvalue weighted by molar-refractivity contribution is -0.115. The number of hydrogen-bond donors (Lipinski definition) is 3. The number of H-pyrrole nitrogens is 1. The minimum Gasteiger partial charge on any atom is -0.325 e. The number of amides is 1. The number of carbonyl (C=O) groups excluding carboxylic acids is 1. The Bertz CT molecular complexity index is 792. The zero-order valence-electron chi connectivity index (χ0n) is 13.3. The van der Waals surface area contributed by atoms with E-state index >= 15 is 0 Å². The highest BCUT2D eigenvalue weighted by molar-refractivity contribution is 7.89. The summed E-state index contributed by atoms with van der Waals surface area (Å²) in [5.74, 6) is -0.423. The van der Waals surface area contributed by atoms with Crippen LogP contribution < -0.4 is 10.0 Å². The molecule has 1 aromatic heterocycles. The predicted octanol–water partition coefficient (Wildman–Crippen LogP) is 1.51. The van der Waals surface area contributed by atoms with Gasteiger partial charge in [-0.3, -0.25) is 9.89 Å². The fourth-order valence-corrected chi connectivity index (χ4v) is 3.66. The summed E-state index contributed by atoms with van der Waals surface area (Å²) in [6.45, 7) is 4.85. The summed E-state index contributed by atoms with van der Waals surface area (Å²) in [6, 6.07) is 7.41. The van der Waals surface area contributed by atoms with Crippen molar-refractivity contribution in [2.45, 2.75) is 32.1 Å². The molecule has 8 heteroatoms. The number of para-hydroxylation sites is 1. The van der Waals surface area contributed by atoms with Crippen LogP contribution in [0.1, 0.15) is 23.9 Å². The van der Waals surface area contributed by atoms with Crippen LogP contribution in [0.3, 0.4) is 0 Å². The first-order chi connectivity index (χ1) is 10.8. The molecule has 0 aliphatic rings. The first kappa shape index (κ1) is 17.2. The van der Waals surface area contributed by atoms with Gasteiger partial charge in [0.05, 0.1) is 17.9 Å². The molecule has 2 rings (SSSR count). The quantitative estimate of drug-likeness (QED) is 0.743. The molecule has 0 unspecified atom stereocenters. The van der Waals surface area contributed by atoms with E-state index in [-0.39, 0.29) is 11.4 Å². The van der Waals surface area contributed by atoms with Crippen molar-refractivity contribution in [3.8, 4) is 0 Å². The number of rotatable bonds is 6. The van der Waals surface area contributed by atoms with E-state index in [9.17, 15) is 13.2 Å². The maximum Gasteiger partial charge on any atom is 0.244 e. The van der Waals surface area contributed by atoms with Crippen LogP contribution in [-0.4, -0.2) is 31.1 Å². The van der Waals surface area contributed by atoms with Gasteiger partial charge in [-0.1, -0.05) is 25.1 Å². The van der Waals surface area contributed by atoms with E-state index in [2.05, 4.69) is 20.2 Å². The molecule has 2 aromatic rings. The van der Waals surface area contributed by atoms with Crippen molar-refractivity contribution >= 4 is 21.6 Å². The van der Waals surface area contributed by atoms with Gasteiger partial charge in [0.1, 0.15) is 4.90 Å². The van der Waals surface area contributed by atoms with E-state index in [1.165, 1.54) is 0 Å². The number of sulfonamides is 1. The first-order valence-corrected chi connectivity index (χ1v) is 8.72. The van der Waals surface area contributed by atoms with Crippen molar-refractivity contribution in [2.24, 2.45) is 0 Å². The zero-order valence-corrected chi connectivity index (χ0v) is 14.1. The highest BCUT2D eigenvalue weighted by Crippen LogP contribution is 2.17. The summed E-state index contributed by atoms with van der Waals surface area (Å²) in [5, 5.41) is 9.19. The third kappa shape index (κ3) is 3.96. The Labute approximate surface area is 135 Å². The SMILES string of the molecule is CCc1ccccc1NC(=O)CNS(=O)(=O)c1c(C)n[nH]c1C. The number of aromatic nitrogens is 2. The summed E-state index contributed by atoms with van der Waals surface area (Å²) in [7, 11) is -3.79. The molecule has 0 spiro atoms. The van der Waals surface area contributed by atoms with E-state index < -0.39 is 15.9 Å². The number of aromatic amines is 1. The molecule has 1 heterocycles. The van der Waals surface area contributed by atoms with Crippen LogP contribution in [0.2, 0.25) is 0 Å². The fourth-order valence-electron chi connectivity index (χ4n) is 2.31. The van der Waals surface area contributed by atoms with E-state index in [0.29, 0.717) is 17.1 Å². The summed E-state index contributed by atoms with van der Waals surface area (Å²) >= 11 is 0. The molecule has 3 N–H and O–H groups in total. The summed E-state index contributed by atoms with van der Waals surface area (Å²) < 4.78 is 26.8. The number of nitrogens with zero attached hydrogens (tertiary/aromatic N) is 1. The van der Waals surface area contributed by atoms with Gasteiger partial charge in [-0.15, -0.1) is 0 Å². The summed E-state index contributed by atoms with van der Waals surface area (Å²) in [6.07, 6.45) is 0.773. The van der Waals surface area contributed by atoms with E-state index in [4.69, 9.17) is 0 Å². The van der Waals surface area contributed by atoms with Crippen molar-refractivity contribution in [3.05, 3.63) is 41.2 Å². The van der Waals surface area contributed by atoms with Crippen molar-refractivity contribution in [3.63, 3.8) is 0 Å². The highest BCUT2D eigenvalue weighted by atomic mass is 32.2. The van der Waals surface area contributed by atoms with E-state index in [0.717, 1.165) is 12.0 Å². The standard InChI is InChI=1S/C15H20N4O3S/c1-4-12-7-5-6-8-13(12)17-14(20)9-16-23(21,22)15-10(2)18-19-11(15)3/h5-8,16H,4,9H2,1-3H3,(H,17,20)(H,18,19). The Morgan fingerprint density at radius 1 is 1.26 bits per heavy atom. The summed E-state index contributed by atoms with van der Waals surface area (Å²) in [4.78, 5) is 12.1. The average Bonchev–Trinajstić information content (AvgIpc) is 2.85. The maximum atomic E-state index is 12.3. The molecule has 0 bridgehead atoms. The molecule has 23 heavy (non-hydrogen) atoms. The molecule has 0 saturated heterocycles. The highest BCUT2D eigenvalue weighted by Gasteiger charge is 2.22. The van der Waals surface area contributed by atoms with Gasteiger partial charge >= 0.3 is 0 Å². The van der Waals surface area contributed by atoms with Crippen LogP contribution >= 0.6 is 0 Å². The second-order valence-corrected chi connectivity index (χ2v) is 6.85. The normalized spacial score (nSPS) is 11.4. The second-order valence-electron chi connectivity index (χ2n) is 5.15. The first-order valence-electron chi connectivity index (χ1n) is 7.24. The number of carbonyl (C=O) groups is 1. The molecule has 0 radical (unpaired) electrons. The number of benzene rings is 1. The Morgan fingerprint density at radius 3 is 2.57 bits per heavy atom. The Morgan fingerprint density at radius 2 is 1.96 bits per heavy atom. The van der Waals surface area contributed by atoms with Crippen LogP contribution in [0.15, 0.2) is 29.2 Å². The van der Waals surface area contributed by atoms with Crippen molar-refractivity contribution in [2.75, 3.05) is 11.9 Å². The lowest BCUT2D eigenvalue weighted by Crippen LogP contribution is -2.33. The molecule has 1 aromatic carbocycles. The predicted molar refractivity (Wildman–Crippen MR) is 87.7 cm³/mol. The minimum absolute atomic E-state index is 0.0826. The molecule has 124 valence electrons. The van der Waals surface area contributed by atoms with Gasteiger partial charge in [0.2, 0.25) is 15.9 Å². The largest absolute Gasteiger partial charge is 0.325 e. The Kier molecular flexibility index (Phi) is 5.17.